The zero-order valence-electron chi connectivity index (χ0n) is 12.1. The third-order valence-corrected chi connectivity index (χ3v) is 4.41. The highest BCUT2D eigenvalue weighted by Gasteiger charge is 2.25. The summed E-state index contributed by atoms with van der Waals surface area (Å²) in [7, 11) is 0. The molecular weight excluding hydrogens is 284 g/mol. The highest BCUT2D eigenvalue weighted by Crippen LogP contribution is 2.30. The Labute approximate surface area is 130 Å². The lowest BCUT2D eigenvalue weighted by atomic mass is 10.1. The number of nitrogens with zero attached hydrogens (tertiary/aromatic N) is 2. The fourth-order valence-corrected chi connectivity index (χ4v) is 3.26. The lowest BCUT2D eigenvalue weighted by Crippen LogP contribution is -2.37. The summed E-state index contributed by atoms with van der Waals surface area (Å²) in [5.41, 5.74) is 7.99. The second kappa shape index (κ2) is 6.60. The Morgan fingerprint density at radius 1 is 1.19 bits per heavy atom. The van der Waals surface area contributed by atoms with Gasteiger partial charge in [-0.15, -0.1) is 0 Å². The fourth-order valence-electron chi connectivity index (χ4n) is 3.00. The van der Waals surface area contributed by atoms with Gasteiger partial charge in [-0.1, -0.05) is 48.4 Å². The van der Waals surface area contributed by atoms with Gasteiger partial charge >= 0.3 is 0 Å². The standard InChI is InChI=1S/C16H21ClN4/c17-15-14(13(11-18)21-9-5-2-6-10-21)19-16(20-15)12-7-3-1-4-8-12/h1,3-4,7-8,13H,2,5-6,9-11,18H2,(H,19,20). The molecule has 1 aromatic carbocycles. The molecule has 0 saturated carbocycles. The molecule has 1 aromatic heterocycles. The number of hydrogen-bond acceptors (Lipinski definition) is 3. The van der Waals surface area contributed by atoms with Gasteiger partial charge < -0.3 is 10.7 Å². The highest BCUT2D eigenvalue weighted by molar-refractivity contribution is 6.30. The van der Waals surface area contributed by atoms with Gasteiger partial charge in [0.1, 0.15) is 5.82 Å². The molecule has 4 nitrogen and oxygen atoms in total. The number of rotatable bonds is 4. The number of likely N-dealkylation sites (tertiary alicyclic amines) is 1. The van der Waals surface area contributed by atoms with Gasteiger partial charge in [-0.3, -0.25) is 4.90 Å². The molecule has 0 aliphatic carbocycles. The summed E-state index contributed by atoms with van der Waals surface area (Å²) in [5.74, 6) is 0.811. The van der Waals surface area contributed by atoms with Crippen LogP contribution in [0.5, 0.6) is 0 Å². The van der Waals surface area contributed by atoms with Crippen molar-refractivity contribution in [2.75, 3.05) is 19.6 Å². The summed E-state index contributed by atoms with van der Waals surface area (Å²) in [4.78, 5) is 10.3. The zero-order valence-corrected chi connectivity index (χ0v) is 12.8. The Morgan fingerprint density at radius 3 is 2.57 bits per heavy atom. The zero-order chi connectivity index (χ0) is 14.7. The van der Waals surface area contributed by atoms with Crippen LogP contribution in [0, 0.1) is 0 Å². The van der Waals surface area contributed by atoms with Crippen molar-refractivity contribution in [3.63, 3.8) is 0 Å². The second-order valence-corrected chi connectivity index (χ2v) is 5.86. The molecule has 1 aliphatic heterocycles. The Morgan fingerprint density at radius 2 is 1.90 bits per heavy atom. The van der Waals surface area contributed by atoms with E-state index >= 15 is 0 Å². The van der Waals surface area contributed by atoms with E-state index < -0.39 is 0 Å². The predicted molar refractivity (Wildman–Crippen MR) is 86.3 cm³/mol. The number of aromatic nitrogens is 2. The van der Waals surface area contributed by atoms with Crippen LogP contribution in [0.4, 0.5) is 0 Å². The third kappa shape index (κ3) is 3.12. The summed E-state index contributed by atoms with van der Waals surface area (Å²) in [6.45, 7) is 2.71. The van der Waals surface area contributed by atoms with E-state index in [1.54, 1.807) is 0 Å². The van der Waals surface area contributed by atoms with Crippen LogP contribution in [0.3, 0.4) is 0 Å². The average molecular weight is 305 g/mol. The first kappa shape index (κ1) is 14.6. The highest BCUT2D eigenvalue weighted by atomic mass is 35.5. The van der Waals surface area contributed by atoms with Crippen LogP contribution in [-0.4, -0.2) is 34.5 Å². The van der Waals surface area contributed by atoms with Crippen LogP contribution < -0.4 is 5.73 Å². The quantitative estimate of drug-likeness (QED) is 0.912. The third-order valence-electron chi connectivity index (χ3n) is 4.12. The maximum absolute atomic E-state index is 6.36. The number of piperidine rings is 1. The lowest BCUT2D eigenvalue weighted by Gasteiger charge is -2.33. The number of halogens is 1. The molecule has 2 aromatic rings. The van der Waals surface area contributed by atoms with Gasteiger partial charge in [0.15, 0.2) is 5.15 Å². The number of H-pyrrole nitrogens is 1. The maximum Gasteiger partial charge on any atom is 0.152 e. The van der Waals surface area contributed by atoms with Gasteiger partial charge in [0, 0.05) is 12.1 Å². The minimum atomic E-state index is 0.128. The molecule has 3 rings (SSSR count). The van der Waals surface area contributed by atoms with Crippen LogP contribution in [0.1, 0.15) is 31.0 Å². The van der Waals surface area contributed by atoms with Gasteiger partial charge in [0.25, 0.3) is 0 Å². The van der Waals surface area contributed by atoms with Crippen molar-refractivity contribution >= 4 is 11.6 Å². The summed E-state index contributed by atoms with van der Waals surface area (Å²) in [6.07, 6.45) is 3.77. The van der Waals surface area contributed by atoms with Crippen molar-refractivity contribution in [1.29, 1.82) is 0 Å². The Kier molecular flexibility index (Phi) is 4.58. The number of aromatic amines is 1. The molecule has 1 fully saturated rings. The summed E-state index contributed by atoms with van der Waals surface area (Å²) in [5, 5.41) is 0.537. The van der Waals surface area contributed by atoms with Crippen molar-refractivity contribution in [2.45, 2.75) is 25.3 Å². The van der Waals surface area contributed by atoms with Crippen LogP contribution >= 0.6 is 11.6 Å². The van der Waals surface area contributed by atoms with Crippen LogP contribution in [-0.2, 0) is 0 Å². The van der Waals surface area contributed by atoms with Gasteiger partial charge in [0.2, 0.25) is 0 Å². The molecule has 1 aliphatic rings. The first-order valence-corrected chi connectivity index (χ1v) is 7.92. The van der Waals surface area contributed by atoms with Crippen molar-refractivity contribution in [3.8, 4) is 11.4 Å². The SMILES string of the molecule is NCC(c1[nH]c(-c2ccccc2)nc1Cl)N1CCCCC1. The first-order valence-electron chi connectivity index (χ1n) is 7.54. The molecule has 3 N–H and O–H groups in total. The molecule has 0 spiro atoms. The molecule has 5 heteroatoms. The van der Waals surface area contributed by atoms with E-state index in [4.69, 9.17) is 17.3 Å². The van der Waals surface area contributed by atoms with Crippen molar-refractivity contribution in [3.05, 3.63) is 41.2 Å². The number of benzene rings is 1. The Bertz CT molecular complexity index is 575. The molecular formula is C16H21ClN4. The van der Waals surface area contributed by atoms with E-state index in [9.17, 15) is 0 Å². The lowest BCUT2D eigenvalue weighted by molar-refractivity contribution is 0.165. The molecule has 1 atom stereocenters. The summed E-state index contributed by atoms with van der Waals surface area (Å²) >= 11 is 6.36. The van der Waals surface area contributed by atoms with E-state index in [1.807, 2.05) is 30.3 Å². The second-order valence-electron chi connectivity index (χ2n) is 5.50. The fraction of sp³-hybridized carbons (Fsp3) is 0.438. The van der Waals surface area contributed by atoms with Gasteiger partial charge in [0.05, 0.1) is 11.7 Å². The molecule has 1 unspecified atom stereocenters. The molecule has 2 heterocycles. The van der Waals surface area contributed by atoms with Crippen molar-refractivity contribution in [2.24, 2.45) is 5.73 Å². The Hall–Kier alpha value is -1.36. The Balaban J connectivity index is 1.88. The summed E-state index contributed by atoms with van der Waals surface area (Å²) in [6, 6.07) is 10.2. The summed E-state index contributed by atoms with van der Waals surface area (Å²) < 4.78 is 0. The minimum absolute atomic E-state index is 0.128. The van der Waals surface area contributed by atoms with E-state index in [0.29, 0.717) is 11.7 Å². The van der Waals surface area contributed by atoms with Crippen LogP contribution in [0.25, 0.3) is 11.4 Å². The largest absolute Gasteiger partial charge is 0.339 e. The van der Waals surface area contributed by atoms with Crippen LogP contribution in [0.15, 0.2) is 30.3 Å². The number of imidazole rings is 1. The minimum Gasteiger partial charge on any atom is -0.339 e. The maximum atomic E-state index is 6.36. The molecule has 0 amide bonds. The van der Waals surface area contributed by atoms with Gasteiger partial charge in [-0.2, -0.15) is 0 Å². The number of nitrogens with one attached hydrogen (secondary N) is 1. The predicted octanol–water partition coefficient (Wildman–Crippen LogP) is 3.22. The average Bonchev–Trinajstić information content (AvgIpc) is 2.92. The van der Waals surface area contributed by atoms with E-state index in [1.165, 1.54) is 19.3 Å². The van der Waals surface area contributed by atoms with Gasteiger partial charge in [-0.05, 0) is 25.9 Å². The first-order chi connectivity index (χ1) is 10.3. The topological polar surface area (TPSA) is 57.9 Å². The number of nitrogens with two attached hydrogens (primary N) is 1. The normalized spacial score (nSPS) is 17.8. The van der Waals surface area contributed by atoms with E-state index in [2.05, 4.69) is 14.9 Å². The molecule has 0 bridgehead atoms. The van der Waals surface area contributed by atoms with Crippen molar-refractivity contribution in [1.82, 2.24) is 14.9 Å². The van der Waals surface area contributed by atoms with Crippen molar-refractivity contribution < 1.29 is 0 Å². The van der Waals surface area contributed by atoms with E-state index in [0.717, 1.165) is 30.2 Å². The van der Waals surface area contributed by atoms with E-state index in [-0.39, 0.29) is 6.04 Å². The smallest absolute Gasteiger partial charge is 0.152 e. The van der Waals surface area contributed by atoms with Gasteiger partial charge in [-0.25, -0.2) is 4.98 Å². The number of hydrogen-bond donors (Lipinski definition) is 2. The molecule has 0 radical (unpaired) electrons. The monoisotopic (exact) mass is 304 g/mol. The van der Waals surface area contributed by atoms with Crippen LogP contribution in [0.2, 0.25) is 5.15 Å². The molecule has 1 saturated heterocycles. The molecule has 112 valence electrons. The molecule has 21 heavy (non-hydrogen) atoms.